The van der Waals surface area contributed by atoms with Gasteiger partial charge in [0.05, 0.1) is 6.42 Å². The number of piperazine rings is 1. The summed E-state index contributed by atoms with van der Waals surface area (Å²) in [7, 11) is 0. The van der Waals surface area contributed by atoms with Gasteiger partial charge in [-0.15, -0.1) is 5.10 Å². The molecule has 1 amide bonds. The van der Waals surface area contributed by atoms with Crippen LogP contribution in [-0.2, 0) is 11.2 Å². The van der Waals surface area contributed by atoms with Crippen LogP contribution in [0, 0.1) is 12.7 Å². The van der Waals surface area contributed by atoms with Crippen molar-refractivity contribution in [1.29, 1.82) is 0 Å². The van der Waals surface area contributed by atoms with E-state index >= 15 is 0 Å². The molecule has 1 aliphatic heterocycles. The maximum atomic E-state index is 13.6. The van der Waals surface area contributed by atoms with Crippen LogP contribution in [-0.4, -0.2) is 47.2 Å². The van der Waals surface area contributed by atoms with E-state index < -0.39 is 0 Å². The second-order valence-corrected chi connectivity index (χ2v) is 5.24. The van der Waals surface area contributed by atoms with E-state index in [1.54, 1.807) is 30.0 Å². The smallest absolute Gasteiger partial charge is 0.318 e. The Kier molecular flexibility index (Phi) is 4.04. The fraction of sp³-hybridized carbons (Fsp3) is 0.400. The maximum absolute atomic E-state index is 13.6. The summed E-state index contributed by atoms with van der Waals surface area (Å²) >= 11 is 0. The van der Waals surface area contributed by atoms with Crippen LogP contribution in [0.1, 0.15) is 11.5 Å². The lowest BCUT2D eigenvalue weighted by atomic mass is 10.1. The highest BCUT2D eigenvalue weighted by atomic mass is 19.1. The van der Waals surface area contributed by atoms with Gasteiger partial charge in [-0.3, -0.25) is 4.79 Å². The third kappa shape index (κ3) is 3.08. The summed E-state index contributed by atoms with van der Waals surface area (Å²) in [6.45, 7) is 4.13. The number of carbonyl (C=O) groups excluding carboxylic acids is 1. The largest absolute Gasteiger partial charge is 0.408 e. The molecule has 1 aromatic carbocycles. The minimum absolute atomic E-state index is 0.0635. The highest BCUT2D eigenvalue weighted by molar-refractivity contribution is 5.79. The number of anilines is 1. The van der Waals surface area contributed by atoms with Crippen LogP contribution in [0.2, 0.25) is 0 Å². The highest BCUT2D eigenvalue weighted by Crippen LogP contribution is 2.15. The third-order valence-corrected chi connectivity index (χ3v) is 3.72. The number of aromatic nitrogens is 2. The maximum Gasteiger partial charge on any atom is 0.318 e. The molecule has 7 heteroatoms. The van der Waals surface area contributed by atoms with Crippen LogP contribution in [0.5, 0.6) is 0 Å². The fourth-order valence-corrected chi connectivity index (χ4v) is 2.48. The van der Waals surface area contributed by atoms with E-state index in [0.29, 0.717) is 43.6 Å². The molecule has 1 fully saturated rings. The van der Waals surface area contributed by atoms with E-state index in [2.05, 4.69) is 10.2 Å². The van der Waals surface area contributed by atoms with Gasteiger partial charge in [-0.25, -0.2) is 4.39 Å². The number of hydrogen-bond acceptors (Lipinski definition) is 5. The Bertz CT molecular complexity index is 665. The zero-order chi connectivity index (χ0) is 15.5. The molecule has 0 radical (unpaired) electrons. The third-order valence-electron chi connectivity index (χ3n) is 3.72. The summed E-state index contributed by atoms with van der Waals surface area (Å²) in [5, 5.41) is 7.78. The predicted octanol–water partition coefficient (Wildman–Crippen LogP) is 1.41. The first kappa shape index (κ1) is 14.5. The zero-order valence-electron chi connectivity index (χ0n) is 12.3. The second kappa shape index (κ2) is 6.13. The molecule has 0 N–H and O–H groups in total. The van der Waals surface area contributed by atoms with Gasteiger partial charge >= 0.3 is 6.01 Å². The van der Waals surface area contributed by atoms with E-state index in [0.717, 1.165) is 0 Å². The predicted molar refractivity (Wildman–Crippen MR) is 77.9 cm³/mol. The number of nitrogens with zero attached hydrogens (tertiary/aromatic N) is 4. The Morgan fingerprint density at radius 3 is 2.59 bits per heavy atom. The number of halogens is 1. The van der Waals surface area contributed by atoms with Gasteiger partial charge in [-0.2, -0.15) is 0 Å². The first-order valence-electron chi connectivity index (χ1n) is 7.20. The normalized spacial score (nSPS) is 15.2. The van der Waals surface area contributed by atoms with Crippen LogP contribution in [0.4, 0.5) is 10.4 Å². The van der Waals surface area contributed by atoms with Gasteiger partial charge in [0.2, 0.25) is 11.8 Å². The summed E-state index contributed by atoms with van der Waals surface area (Å²) in [5.74, 6) is 0.121. The lowest BCUT2D eigenvalue weighted by molar-refractivity contribution is -0.130. The molecule has 116 valence electrons. The number of benzene rings is 1. The summed E-state index contributed by atoms with van der Waals surface area (Å²) in [4.78, 5) is 15.9. The Balaban J connectivity index is 1.57. The molecule has 1 aromatic heterocycles. The molecule has 0 saturated carbocycles. The molecule has 0 aliphatic carbocycles. The summed E-state index contributed by atoms with van der Waals surface area (Å²) < 4.78 is 19.0. The van der Waals surface area contributed by atoms with E-state index in [1.807, 2.05) is 4.90 Å². The average molecular weight is 304 g/mol. The highest BCUT2D eigenvalue weighted by Gasteiger charge is 2.24. The van der Waals surface area contributed by atoms with E-state index in [9.17, 15) is 9.18 Å². The molecule has 1 aliphatic rings. The molecule has 1 saturated heterocycles. The van der Waals surface area contributed by atoms with Crippen molar-refractivity contribution in [2.45, 2.75) is 13.3 Å². The lowest BCUT2D eigenvalue weighted by Gasteiger charge is -2.33. The molecular weight excluding hydrogens is 287 g/mol. The van der Waals surface area contributed by atoms with Crippen LogP contribution >= 0.6 is 0 Å². The molecule has 0 unspecified atom stereocenters. The van der Waals surface area contributed by atoms with Crippen LogP contribution in [0.15, 0.2) is 28.7 Å². The van der Waals surface area contributed by atoms with E-state index in [4.69, 9.17) is 4.42 Å². The molecule has 0 bridgehead atoms. The van der Waals surface area contributed by atoms with Crippen molar-refractivity contribution in [2.24, 2.45) is 0 Å². The Hall–Kier alpha value is -2.44. The van der Waals surface area contributed by atoms with Crippen LogP contribution in [0.3, 0.4) is 0 Å². The zero-order valence-corrected chi connectivity index (χ0v) is 12.3. The molecule has 0 atom stereocenters. The van der Waals surface area contributed by atoms with Crippen molar-refractivity contribution in [3.8, 4) is 0 Å². The molecule has 2 aromatic rings. The van der Waals surface area contributed by atoms with Crippen molar-refractivity contribution in [3.05, 3.63) is 41.5 Å². The molecule has 6 nitrogen and oxygen atoms in total. The van der Waals surface area contributed by atoms with Gasteiger partial charge in [-0.05, 0) is 11.6 Å². The van der Waals surface area contributed by atoms with Gasteiger partial charge in [0.25, 0.3) is 0 Å². The van der Waals surface area contributed by atoms with Crippen LogP contribution < -0.4 is 4.90 Å². The molecule has 2 heterocycles. The van der Waals surface area contributed by atoms with Gasteiger partial charge in [0.1, 0.15) is 5.82 Å². The standard InChI is InChI=1S/C15H17FN4O2/c1-11-17-18-15(22-11)20-8-6-19(7-9-20)14(21)10-12-4-2-3-5-13(12)16/h2-5H,6-10H2,1H3. The van der Waals surface area contributed by atoms with Crippen molar-refractivity contribution < 1.29 is 13.6 Å². The first-order valence-corrected chi connectivity index (χ1v) is 7.20. The van der Waals surface area contributed by atoms with Crippen molar-refractivity contribution in [2.75, 3.05) is 31.1 Å². The van der Waals surface area contributed by atoms with Crippen molar-refractivity contribution in [3.63, 3.8) is 0 Å². The lowest BCUT2D eigenvalue weighted by Crippen LogP contribution is -2.49. The minimum atomic E-state index is -0.337. The topological polar surface area (TPSA) is 62.5 Å². The van der Waals surface area contributed by atoms with Gasteiger partial charge in [0, 0.05) is 33.1 Å². The van der Waals surface area contributed by atoms with Crippen LogP contribution in [0.25, 0.3) is 0 Å². The van der Waals surface area contributed by atoms with E-state index in [-0.39, 0.29) is 18.1 Å². The number of aryl methyl sites for hydroxylation is 1. The summed E-state index contributed by atoms with van der Waals surface area (Å²) in [6, 6.07) is 6.86. The van der Waals surface area contributed by atoms with Gasteiger partial charge in [0.15, 0.2) is 0 Å². The van der Waals surface area contributed by atoms with Crippen molar-refractivity contribution >= 4 is 11.9 Å². The SMILES string of the molecule is Cc1nnc(N2CCN(C(=O)Cc3ccccc3F)CC2)o1. The monoisotopic (exact) mass is 304 g/mol. The molecule has 3 rings (SSSR count). The number of hydrogen-bond donors (Lipinski definition) is 0. The van der Waals surface area contributed by atoms with Gasteiger partial charge < -0.3 is 14.2 Å². The first-order chi connectivity index (χ1) is 10.6. The Labute approximate surface area is 127 Å². The average Bonchev–Trinajstić information content (AvgIpc) is 2.96. The minimum Gasteiger partial charge on any atom is -0.408 e. The van der Waals surface area contributed by atoms with Crippen molar-refractivity contribution in [1.82, 2.24) is 15.1 Å². The van der Waals surface area contributed by atoms with E-state index in [1.165, 1.54) is 6.07 Å². The number of amides is 1. The van der Waals surface area contributed by atoms with Gasteiger partial charge in [-0.1, -0.05) is 23.3 Å². The summed E-state index contributed by atoms with van der Waals surface area (Å²) in [6.07, 6.45) is 0.0896. The number of rotatable bonds is 3. The number of carbonyl (C=O) groups is 1. The summed E-state index contributed by atoms with van der Waals surface area (Å²) in [5.41, 5.74) is 0.433. The molecule has 22 heavy (non-hydrogen) atoms. The molecular formula is C15H17FN4O2. The Morgan fingerprint density at radius 2 is 1.95 bits per heavy atom. The quantitative estimate of drug-likeness (QED) is 0.858. The molecule has 0 spiro atoms. The second-order valence-electron chi connectivity index (χ2n) is 5.24. The fourth-order valence-electron chi connectivity index (χ4n) is 2.48. The Morgan fingerprint density at radius 1 is 1.23 bits per heavy atom.